The Morgan fingerprint density at radius 3 is 1.12 bits per heavy atom. The van der Waals surface area contributed by atoms with Gasteiger partial charge < -0.3 is 90.5 Å². The fourth-order valence-electron chi connectivity index (χ4n) is 19.0. The highest BCUT2D eigenvalue weighted by molar-refractivity contribution is 6.14. The van der Waals surface area contributed by atoms with Gasteiger partial charge in [-0.2, -0.15) is 0 Å². The summed E-state index contributed by atoms with van der Waals surface area (Å²) in [5, 5.41) is 38.2. The van der Waals surface area contributed by atoms with Gasteiger partial charge >= 0.3 is 11.9 Å². The molecule has 6 rings (SSSR count). The van der Waals surface area contributed by atoms with Crippen molar-refractivity contribution < 1.29 is 115 Å². The van der Waals surface area contributed by atoms with Crippen LogP contribution in [0.15, 0.2) is 85.0 Å². The van der Waals surface area contributed by atoms with E-state index in [1.807, 2.05) is 27.7 Å². The monoisotopic (exact) mass is 1910 g/mol. The summed E-state index contributed by atoms with van der Waals surface area (Å²) < 4.78 is 25.9. The fraction of sp³-hybridized carbons (Fsp3) is 0.653. The van der Waals surface area contributed by atoms with Gasteiger partial charge in [0.2, 0.25) is 70.9 Å². The Morgan fingerprint density at radius 1 is 0.426 bits per heavy atom. The number of nitrogens with zero attached hydrogens (tertiary/aromatic N) is 8. The van der Waals surface area contributed by atoms with Crippen LogP contribution in [0, 0.1) is 53.3 Å². The number of hydrogen-bond donors (Lipinski definition) is 8. The first-order valence-corrected chi connectivity index (χ1v) is 47.2. The lowest BCUT2D eigenvalue weighted by Gasteiger charge is -2.40. The lowest BCUT2D eigenvalue weighted by molar-refractivity contribution is -0.150. The second-order valence-corrected chi connectivity index (χ2v) is 38.3. The molecule has 0 aromatic heterocycles. The number of rotatable bonds is 54. The molecule has 0 saturated carbocycles. The minimum atomic E-state index is -1.47. The van der Waals surface area contributed by atoms with Crippen LogP contribution >= 0.6 is 0 Å². The molecule has 2 aromatic rings. The molecule has 4 aliphatic rings. The van der Waals surface area contributed by atoms with E-state index in [1.54, 1.807) is 156 Å². The molecule has 0 spiro atoms. The molecule has 2 fully saturated rings. The van der Waals surface area contributed by atoms with E-state index in [1.165, 1.54) is 67.0 Å². The van der Waals surface area contributed by atoms with E-state index in [9.17, 15) is 72.5 Å². The van der Waals surface area contributed by atoms with E-state index in [-0.39, 0.29) is 90.8 Å². The van der Waals surface area contributed by atoms with E-state index < -0.39 is 263 Å². The molecular formula is C98H148N14O24. The average molecular weight is 1910 g/mol. The van der Waals surface area contributed by atoms with Gasteiger partial charge in [0.1, 0.15) is 36.3 Å². The van der Waals surface area contributed by atoms with Crippen molar-refractivity contribution in [1.29, 1.82) is 0 Å². The number of benzene rings is 2. The first-order chi connectivity index (χ1) is 64.0. The van der Waals surface area contributed by atoms with Crippen molar-refractivity contribution in [2.45, 2.75) is 265 Å². The summed E-state index contributed by atoms with van der Waals surface area (Å²) in [6, 6.07) is 6.38. The number of carbonyl (C=O) groups is 18. The Morgan fingerprint density at radius 2 is 0.787 bits per heavy atom. The Labute approximate surface area is 799 Å². The zero-order valence-electron chi connectivity index (χ0n) is 83.3. The maximum Gasteiger partial charge on any atom is 0.326 e. The van der Waals surface area contributed by atoms with Crippen LogP contribution < -0.4 is 31.9 Å². The molecule has 5 unspecified atom stereocenters. The number of amides is 16. The summed E-state index contributed by atoms with van der Waals surface area (Å²) in [5.74, 6) is -19.2. The minimum Gasteiger partial charge on any atom is -0.480 e. The SMILES string of the molecule is COC(CC(=O)N1CC(CO[C@H]([C@@H](C)C(=O)N[C@H](C(=O)O)C(C)c2ccccc2)[C@@H]2CCCN2C(=O)CC(OC)[C@H](C(C)C)N(C)C(=O)[C@@H](NC(=O)[C@H](C(C)C)N(C)C(=O)CCNC(=O)CCN2C(=O)C=CC2=O)C(C)C)C[C@H]1[C@H](OC)[C@@H](C)C(=O)N[C@H](C(=O)O)C(C)c1ccccc1)[C@H](C(C)C)N(C)C(=O)[C@@H](NC(=O)[C@H](C(C)C)N(C)C(=O)CCNC(=O)CCN1C(=O)C=CC1=O)C(C)C. The van der Waals surface area contributed by atoms with Gasteiger partial charge in [-0.05, 0) is 65.9 Å². The molecule has 4 heterocycles. The number of aliphatic carboxylic acids is 2. The number of methoxy groups -OCH3 is 3. The molecule has 0 radical (unpaired) electrons. The van der Waals surface area contributed by atoms with Crippen molar-refractivity contribution in [2.24, 2.45) is 53.3 Å². The third-order valence-electron chi connectivity index (χ3n) is 26.7. The number of carboxylic acids is 2. The van der Waals surface area contributed by atoms with Gasteiger partial charge in [0.05, 0.1) is 79.9 Å². The summed E-state index contributed by atoms with van der Waals surface area (Å²) in [7, 11) is 10.1. The van der Waals surface area contributed by atoms with Gasteiger partial charge in [-0.25, -0.2) is 9.59 Å². The topological polar surface area (TPSA) is 483 Å². The van der Waals surface area contributed by atoms with Crippen molar-refractivity contribution in [3.63, 3.8) is 0 Å². The summed E-state index contributed by atoms with van der Waals surface area (Å²) in [6.07, 6.45) is -0.927. The third-order valence-corrected chi connectivity index (χ3v) is 26.7. The van der Waals surface area contributed by atoms with Gasteiger partial charge in [-0.15, -0.1) is 0 Å². The smallest absolute Gasteiger partial charge is 0.326 e. The van der Waals surface area contributed by atoms with Gasteiger partial charge in [-0.1, -0.05) is 171 Å². The minimum absolute atomic E-state index is 0.0501. The summed E-state index contributed by atoms with van der Waals surface area (Å²) in [4.78, 5) is 259. The van der Waals surface area contributed by atoms with E-state index >= 15 is 24.0 Å². The highest BCUT2D eigenvalue weighted by atomic mass is 16.5. The van der Waals surface area contributed by atoms with Crippen molar-refractivity contribution in [3.05, 3.63) is 96.1 Å². The number of nitrogens with one attached hydrogen (secondary N) is 6. The molecule has 38 heteroatoms. The molecular weight excluding hydrogens is 1760 g/mol. The van der Waals surface area contributed by atoms with Crippen molar-refractivity contribution in [2.75, 3.05) is 95.4 Å². The normalized spacial score (nSPS) is 19.1. The van der Waals surface area contributed by atoms with E-state index in [0.29, 0.717) is 17.5 Å². The van der Waals surface area contributed by atoms with Crippen LogP contribution in [0.2, 0.25) is 0 Å². The first-order valence-electron chi connectivity index (χ1n) is 47.2. The average Bonchev–Trinajstić information content (AvgIpc) is 1.64. The number of ether oxygens (including phenoxy) is 4. The summed E-state index contributed by atoms with van der Waals surface area (Å²) in [5.41, 5.74) is 1.25. The summed E-state index contributed by atoms with van der Waals surface area (Å²) in [6.45, 7) is 26.9. The highest BCUT2D eigenvalue weighted by Crippen LogP contribution is 2.37. The number of likely N-dealkylation sites (N-methyl/N-ethyl adjacent to an activating group) is 4. The largest absolute Gasteiger partial charge is 0.480 e. The van der Waals surface area contributed by atoms with Gasteiger partial charge in [0.15, 0.2) is 0 Å². The Kier molecular flexibility index (Phi) is 44.0. The number of likely N-dealkylation sites (tertiary alicyclic amines) is 2. The Balaban J connectivity index is 1.31. The van der Waals surface area contributed by atoms with Crippen LogP contribution in [0.5, 0.6) is 0 Å². The molecule has 19 atom stereocenters. The lowest BCUT2D eigenvalue weighted by atomic mass is 9.89. The summed E-state index contributed by atoms with van der Waals surface area (Å²) >= 11 is 0. The van der Waals surface area contributed by atoms with Crippen LogP contribution in [0.3, 0.4) is 0 Å². The van der Waals surface area contributed by atoms with Crippen molar-refractivity contribution >= 4 is 106 Å². The fourth-order valence-corrected chi connectivity index (χ4v) is 19.0. The molecule has 16 amide bonds. The Hall–Kier alpha value is -11.4. The second-order valence-electron chi connectivity index (χ2n) is 38.3. The first kappa shape index (κ1) is 113. The Bertz CT molecular complexity index is 4530. The van der Waals surface area contributed by atoms with Crippen LogP contribution in [0.25, 0.3) is 0 Å². The van der Waals surface area contributed by atoms with Gasteiger partial charge in [0.25, 0.3) is 23.6 Å². The number of hydrogen-bond acceptors (Lipinski definition) is 22. The molecule has 754 valence electrons. The molecule has 136 heavy (non-hydrogen) atoms. The maximum absolute atomic E-state index is 15.9. The number of imide groups is 2. The molecule has 38 nitrogen and oxygen atoms in total. The molecule has 8 N–H and O–H groups in total. The quantitative estimate of drug-likeness (QED) is 0.0428. The maximum atomic E-state index is 15.9. The standard InChI is InChI=1S/C98H148N14O24/c1-54(2)81(101-93(125)87(58(9)10)105(17)73(115)40-44-99-71(113)42-47-110-75(117)36-37-76(110)118)95(127)107(19)85(56(5)6)69(133-21)50-79(121)109-46-30-35-67(109)90(63(16)92(124)104-84(98(131)132)61(14)66-33-28-25-29-34-66)136-53-64-49-68(89(135-23)62(15)91(123)103-83(97(129)130)60(13)65-31-26-24-27-32-65)112(52-64)80(122)51-70(134-22)86(57(7)8)108(20)96(128)82(55(3)4)102-94(126)88(59(11)12)106(18)74(116)41-45-100-72(114)43-48-111-77(119)38-39-78(111)120/h24-29,31-34,36-39,54-64,67-70,81-90H,30,35,40-53H2,1-23H3,(H,99,113)(H,100,114)(H,101,125)(H,102,126)(H,103,123)(H,104,124)(H,129,130)(H,131,132)/t60?,61?,62-,63-,64?,67+,68+,69?,70?,81+,82+,83+,84+,85+,86+,87+,88+,89-,90-/m1/s1. The van der Waals surface area contributed by atoms with Crippen LogP contribution in [-0.4, -0.2) is 336 Å². The lowest BCUT2D eigenvalue weighted by Crippen LogP contribution is -2.60. The predicted octanol–water partition coefficient (Wildman–Crippen LogP) is 4.28. The molecule has 4 aliphatic heterocycles. The van der Waals surface area contributed by atoms with Crippen molar-refractivity contribution in [1.82, 2.24) is 71.1 Å². The second kappa shape index (κ2) is 52.8. The van der Waals surface area contributed by atoms with Crippen molar-refractivity contribution in [3.8, 4) is 0 Å². The van der Waals surface area contributed by atoms with E-state index in [0.717, 1.165) is 34.1 Å². The zero-order chi connectivity index (χ0) is 102. The number of carbonyl (C=O) groups excluding carboxylic acids is 16. The molecule has 2 saturated heterocycles. The molecule has 0 bridgehead atoms. The predicted molar refractivity (Wildman–Crippen MR) is 502 cm³/mol. The molecule has 2 aromatic carbocycles. The number of carboxylic acid groups (broad SMARTS) is 2. The molecule has 0 aliphatic carbocycles. The van der Waals surface area contributed by atoms with Gasteiger partial charge in [0, 0.05) is 157 Å². The van der Waals surface area contributed by atoms with Gasteiger partial charge in [-0.3, -0.25) is 86.5 Å². The van der Waals surface area contributed by atoms with E-state index in [4.69, 9.17) is 18.9 Å². The van der Waals surface area contributed by atoms with E-state index in [2.05, 4.69) is 31.9 Å². The zero-order valence-corrected chi connectivity index (χ0v) is 83.3. The van der Waals surface area contributed by atoms with Crippen LogP contribution in [-0.2, 0) is 105 Å². The highest BCUT2D eigenvalue weighted by Gasteiger charge is 2.50. The van der Waals surface area contributed by atoms with Crippen LogP contribution in [0.4, 0.5) is 0 Å². The third kappa shape index (κ3) is 30.1. The van der Waals surface area contributed by atoms with Crippen LogP contribution in [0.1, 0.15) is 192 Å².